The maximum atomic E-state index is 12.0. The zero-order valence-corrected chi connectivity index (χ0v) is 10.5. The number of pyridine rings is 2. The predicted octanol–water partition coefficient (Wildman–Crippen LogP) is 1.17. The zero-order chi connectivity index (χ0) is 13.2. The van der Waals surface area contributed by atoms with E-state index >= 15 is 0 Å². The van der Waals surface area contributed by atoms with Gasteiger partial charge in [-0.2, -0.15) is 8.42 Å². The van der Waals surface area contributed by atoms with Crippen molar-refractivity contribution in [2.75, 3.05) is 10.5 Å². The van der Waals surface area contributed by atoms with Gasteiger partial charge in [0.25, 0.3) is 10.0 Å². The van der Waals surface area contributed by atoms with Crippen LogP contribution in [0.2, 0.25) is 0 Å². The molecule has 0 aromatic carbocycles. The molecule has 0 fully saturated rings. The molecule has 2 aromatic rings. The Morgan fingerprint density at radius 3 is 2.61 bits per heavy atom. The standard InChI is InChI=1S/C11H12N4O2S/c1-8-4-5-10(14-7-8)15-18(16,17)11-9(12)3-2-6-13-11/h2-7H,12H2,1H3,(H,14,15). The van der Waals surface area contributed by atoms with Crippen LogP contribution in [0.15, 0.2) is 41.7 Å². The quantitative estimate of drug-likeness (QED) is 0.867. The SMILES string of the molecule is Cc1ccc(NS(=O)(=O)c2ncccc2N)nc1. The first kappa shape index (κ1) is 12.3. The minimum atomic E-state index is -3.81. The number of nitrogen functional groups attached to an aromatic ring is 1. The average Bonchev–Trinajstić information content (AvgIpc) is 2.32. The molecule has 18 heavy (non-hydrogen) atoms. The average molecular weight is 264 g/mol. The molecule has 6 nitrogen and oxygen atoms in total. The highest BCUT2D eigenvalue weighted by atomic mass is 32.2. The van der Waals surface area contributed by atoms with Crippen molar-refractivity contribution in [2.24, 2.45) is 0 Å². The van der Waals surface area contributed by atoms with Crippen molar-refractivity contribution in [2.45, 2.75) is 11.9 Å². The minimum absolute atomic E-state index is 0.0945. The monoisotopic (exact) mass is 264 g/mol. The first-order chi connectivity index (χ1) is 8.49. The highest BCUT2D eigenvalue weighted by Gasteiger charge is 2.19. The van der Waals surface area contributed by atoms with E-state index in [0.717, 1.165) is 5.56 Å². The molecule has 0 saturated heterocycles. The molecule has 7 heteroatoms. The van der Waals surface area contributed by atoms with Gasteiger partial charge in [-0.1, -0.05) is 6.07 Å². The van der Waals surface area contributed by atoms with Gasteiger partial charge in [0.2, 0.25) is 0 Å². The molecule has 0 aliphatic carbocycles. The van der Waals surface area contributed by atoms with Crippen molar-refractivity contribution >= 4 is 21.5 Å². The number of anilines is 2. The van der Waals surface area contributed by atoms with Gasteiger partial charge in [0.05, 0.1) is 5.69 Å². The maximum Gasteiger partial charge on any atom is 0.282 e. The summed E-state index contributed by atoms with van der Waals surface area (Å²) in [6, 6.07) is 6.38. The molecule has 0 unspecified atom stereocenters. The van der Waals surface area contributed by atoms with Gasteiger partial charge in [-0.3, -0.25) is 4.72 Å². The van der Waals surface area contributed by atoms with Crippen molar-refractivity contribution < 1.29 is 8.42 Å². The van der Waals surface area contributed by atoms with Crippen LogP contribution >= 0.6 is 0 Å². The van der Waals surface area contributed by atoms with E-state index in [1.165, 1.54) is 12.3 Å². The summed E-state index contributed by atoms with van der Waals surface area (Å²) in [6.45, 7) is 1.86. The third-order valence-corrected chi connectivity index (χ3v) is 3.53. The van der Waals surface area contributed by atoms with E-state index in [1.807, 2.05) is 6.92 Å². The van der Waals surface area contributed by atoms with Gasteiger partial charge < -0.3 is 5.73 Å². The largest absolute Gasteiger partial charge is 0.396 e. The Balaban J connectivity index is 2.33. The Bertz CT molecular complexity index is 653. The number of nitrogens with two attached hydrogens (primary N) is 1. The van der Waals surface area contributed by atoms with Crippen molar-refractivity contribution in [3.63, 3.8) is 0 Å². The van der Waals surface area contributed by atoms with Gasteiger partial charge in [0.1, 0.15) is 5.82 Å². The Hall–Kier alpha value is -2.15. The smallest absolute Gasteiger partial charge is 0.282 e. The van der Waals surface area contributed by atoms with Crippen LogP contribution in [0.1, 0.15) is 5.56 Å². The molecule has 0 amide bonds. The van der Waals surface area contributed by atoms with Crippen LogP contribution in [0.4, 0.5) is 11.5 Å². The summed E-state index contributed by atoms with van der Waals surface area (Å²) in [5, 5.41) is -0.202. The lowest BCUT2D eigenvalue weighted by Gasteiger charge is -2.08. The van der Waals surface area contributed by atoms with Gasteiger partial charge in [-0.15, -0.1) is 0 Å². The van der Waals surface area contributed by atoms with Gasteiger partial charge in [-0.25, -0.2) is 9.97 Å². The van der Waals surface area contributed by atoms with Gasteiger partial charge in [-0.05, 0) is 30.7 Å². The second-order valence-corrected chi connectivity index (χ2v) is 5.32. The highest BCUT2D eigenvalue weighted by molar-refractivity contribution is 7.92. The number of rotatable bonds is 3. The fourth-order valence-electron chi connectivity index (χ4n) is 1.34. The molecule has 0 aliphatic heterocycles. The van der Waals surface area contributed by atoms with Crippen LogP contribution in [0.3, 0.4) is 0 Å². The van der Waals surface area contributed by atoms with Gasteiger partial charge >= 0.3 is 0 Å². The lowest BCUT2D eigenvalue weighted by molar-refractivity contribution is 0.598. The highest BCUT2D eigenvalue weighted by Crippen LogP contribution is 2.17. The number of aromatic nitrogens is 2. The molecule has 0 spiro atoms. The van der Waals surface area contributed by atoms with Crippen LogP contribution < -0.4 is 10.5 Å². The number of aryl methyl sites for hydroxylation is 1. The fraction of sp³-hybridized carbons (Fsp3) is 0.0909. The minimum Gasteiger partial charge on any atom is -0.396 e. The predicted molar refractivity (Wildman–Crippen MR) is 68.4 cm³/mol. The molecule has 94 valence electrons. The van der Waals surface area contributed by atoms with E-state index < -0.39 is 10.0 Å². The van der Waals surface area contributed by atoms with Crippen LogP contribution in [0.5, 0.6) is 0 Å². The van der Waals surface area contributed by atoms with E-state index in [4.69, 9.17) is 5.73 Å². The van der Waals surface area contributed by atoms with Crippen LogP contribution in [0.25, 0.3) is 0 Å². The normalized spacial score (nSPS) is 11.2. The van der Waals surface area contributed by atoms with E-state index in [0.29, 0.717) is 0 Å². The lowest BCUT2D eigenvalue weighted by Crippen LogP contribution is -2.17. The van der Waals surface area contributed by atoms with Gasteiger partial charge in [0.15, 0.2) is 5.03 Å². The van der Waals surface area contributed by atoms with E-state index in [-0.39, 0.29) is 16.5 Å². The Labute approximate surface area is 105 Å². The van der Waals surface area contributed by atoms with Gasteiger partial charge in [0, 0.05) is 12.4 Å². The summed E-state index contributed by atoms with van der Waals surface area (Å²) < 4.78 is 26.3. The number of nitrogens with one attached hydrogen (secondary N) is 1. The molecule has 2 aromatic heterocycles. The molecule has 2 rings (SSSR count). The topological polar surface area (TPSA) is 98.0 Å². The molecular formula is C11H12N4O2S. The number of hydrogen-bond donors (Lipinski definition) is 2. The first-order valence-electron chi connectivity index (χ1n) is 5.15. The van der Waals surface area contributed by atoms with Crippen molar-refractivity contribution in [1.29, 1.82) is 0 Å². The third-order valence-electron chi connectivity index (χ3n) is 2.21. The molecule has 2 heterocycles. The second kappa shape index (κ2) is 4.61. The molecule has 3 N–H and O–H groups in total. The Morgan fingerprint density at radius 1 is 1.22 bits per heavy atom. The molecule has 0 radical (unpaired) electrons. The van der Waals surface area contributed by atoms with E-state index in [2.05, 4.69) is 14.7 Å². The summed E-state index contributed by atoms with van der Waals surface area (Å²) in [7, 11) is -3.81. The summed E-state index contributed by atoms with van der Waals surface area (Å²) >= 11 is 0. The summed E-state index contributed by atoms with van der Waals surface area (Å²) in [5.74, 6) is 0.227. The third kappa shape index (κ3) is 2.57. The van der Waals surface area contributed by atoms with Crippen molar-refractivity contribution in [3.05, 3.63) is 42.2 Å². The molecule has 0 aliphatic rings. The zero-order valence-electron chi connectivity index (χ0n) is 9.66. The van der Waals surface area contributed by atoms with Crippen LogP contribution in [-0.2, 0) is 10.0 Å². The molecule has 0 bridgehead atoms. The Morgan fingerprint density at radius 2 is 2.00 bits per heavy atom. The van der Waals surface area contributed by atoms with Crippen molar-refractivity contribution in [1.82, 2.24) is 9.97 Å². The number of sulfonamides is 1. The fourth-order valence-corrected chi connectivity index (χ4v) is 2.41. The lowest BCUT2D eigenvalue weighted by atomic mass is 10.3. The molecular weight excluding hydrogens is 252 g/mol. The van der Waals surface area contributed by atoms with Crippen molar-refractivity contribution in [3.8, 4) is 0 Å². The molecule has 0 atom stereocenters. The number of hydrogen-bond acceptors (Lipinski definition) is 5. The molecule has 0 saturated carbocycles. The summed E-state index contributed by atoms with van der Waals surface area (Å²) in [5.41, 5.74) is 6.62. The number of nitrogens with zero attached hydrogens (tertiary/aromatic N) is 2. The van der Waals surface area contributed by atoms with E-state index in [9.17, 15) is 8.42 Å². The second-order valence-electron chi connectivity index (χ2n) is 3.72. The summed E-state index contributed by atoms with van der Waals surface area (Å²) in [4.78, 5) is 7.72. The summed E-state index contributed by atoms with van der Waals surface area (Å²) in [6.07, 6.45) is 2.94. The maximum absolute atomic E-state index is 12.0. The first-order valence-corrected chi connectivity index (χ1v) is 6.63. The Kier molecular flexibility index (Phi) is 3.15. The van der Waals surface area contributed by atoms with Crippen LogP contribution in [-0.4, -0.2) is 18.4 Å². The van der Waals surface area contributed by atoms with E-state index in [1.54, 1.807) is 24.4 Å². The van der Waals surface area contributed by atoms with Crippen LogP contribution in [0, 0.1) is 6.92 Å².